The minimum absolute atomic E-state index is 0.0208. The number of carbonyl (C=O) groups is 1. The average molecular weight is 177 g/mol. The molecule has 0 aliphatic heterocycles. The molecule has 0 aliphatic carbocycles. The number of thioether (sulfide) groups is 1. The summed E-state index contributed by atoms with van der Waals surface area (Å²) in [6.07, 6.45) is 2.85. The monoisotopic (exact) mass is 177 g/mol. The number of methoxy groups -OCH3 is 1. The highest BCUT2D eigenvalue weighted by atomic mass is 32.2. The van der Waals surface area contributed by atoms with Crippen LogP contribution in [0.4, 0.5) is 0 Å². The highest BCUT2D eigenvalue weighted by Crippen LogP contribution is 2.03. The molecule has 0 spiro atoms. The van der Waals surface area contributed by atoms with E-state index in [1.165, 1.54) is 0 Å². The van der Waals surface area contributed by atoms with E-state index in [9.17, 15) is 4.79 Å². The molecule has 0 rings (SSSR count). The number of aldehydes is 1. The SMILES string of the molecule is CNC(C=O)C(CSC)OC. The van der Waals surface area contributed by atoms with E-state index in [1.807, 2.05) is 6.26 Å². The lowest BCUT2D eigenvalue weighted by atomic mass is 10.2. The first-order chi connectivity index (χ1) is 5.29. The van der Waals surface area contributed by atoms with Crippen molar-refractivity contribution in [2.45, 2.75) is 12.1 Å². The van der Waals surface area contributed by atoms with Gasteiger partial charge in [-0.25, -0.2) is 0 Å². The van der Waals surface area contributed by atoms with Crippen molar-refractivity contribution < 1.29 is 9.53 Å². The van der Waals surface area contributed by atoms with Crippen LogP contribution >= 0.6 is 11.8 Å². The van der Waals surface area contributed by atoms with Crippen LogP contribution < -0.4 is 5.32 Å². The summed E-state index contributed by atoms with van der Waals surface area (Å²) in [6.45, 7) is 0. The third-order valence-corrected chi connectivity index (χ3v) is 2.18. The summed E-state index contributed by atoms with van der Waals surface area (Å²) in [4.78, 5) is 10.5. The van der Waals surface area contributed by atoms with Crippen molar-refractivity contribution in [1.82, 2.24) is 5.32 Å². The number of hydrogen-bond donors (Lipinski definition) is 1. The van der Waals surface area contributed by atoms with Gasteiger partial charge >= 0.3 is 0 Å². The zero-order valence-corrected chi connectivity index (χ0v) is 7.98. The number of rotatable bonds is 6. The predicted octanol–water partition coefficient (Wildman–Crippen LogP) is 0.151. The van der Waals surface area contributed by atoms with Gasteiger partial charge in [-0.3, -0.25) is 0 Å². The van der Waals surface area contributed by atoms with E-state index >= 15 is 0 Å². The minimum Gasteiger partial charge on any atom is -0.379 e. The second-order valence-corrected chi connectivity index (χ2v) is 3.09. The van der Waals surface area contributed by atoms with E-state index in [-0.39, 0.29) is 12.1 Å². The Morgan fingerprint density at radius 1 is 1.73 bits per heavy atom. The molecule has 0 aromatic heterocycles. The number of likely N-dealkylation sites (N-methyl/N-ethyl adjacent to an activating group) is 1. The van der Waals surface area contributed by atoms with Crippen molar-refractivity contribution in [2.24, 2.45) is 0 Å². The summed E-state index contributed by atoms with van der Waals surface area (Å²) in [5, 5.41) is 2.88. The fraction of sp³-hybridized carbons (Fsp3) is 0.857. The maximum Gasteiger partial charge on any atom is 0.139 e. The molecule has 0 radical (unpaired) electrons. The van der Waals surface area contributed by atoms with Crippen LogP contribution in [0, 0.1) is 0 Å². The molecule has 0 bridgehead atoms. The fourth-order valence-corrected chi connectivity index (χ4v) is 1.50. The van der Waals surface area contributed by atoms with Crippen molar-refractivity contribution in [2.75, 3.05) is 26.2 Å². The first-order valence-electron chi connectivity index (χ1n) is 3.44. The molecule has 0 fully saturated rings. The van der Waals surface area contributed by atoms with Gasteiger partial charge in [0.25, 0.3) is 0 Å². The number of carbonyl (C=O) groups excluding carboxylic acids is 1. The van der Waals surface area contributed by atoms with Gasteiger partial charge < -0.3 is 14.8 Å². The van der Waals surface area contributed by atoms with Crippen molar-refractivity contribution in [1.29, 1.82) is 0 Å². The van der Waals surface area contributed by atoms with E-state index in [1.54, 1.807) is 25.9 Å². The molecule has 11 heavy (non-hydrogen) atoms. The number of ether oxygens (including phenoxy) is 1. The minimum atomic E-state index is -0.188. The summed E-state index contributed by atoms with van der Waals surface area (Å²) in [5.74, 6) is 0.834. The van der Waals surface area contributed by atoms with Gasteiger partial charge in [-0.1, -0.05) is 0 Å². The van der Waals surface area contributed by atoms with Crippen LogP contribution in [0.25, 0.3) is 0 Å². The number of nitrogens with one attached hydrogen (secondary N) is 1. The standard InChI is InChI=1S/C7H15NO2S/c1-8-6(4-9)7(10-2)5-11-3/h4,6-8H,5H2,1-3H3. The van der Waals surface area contributed by atoms with Crippen LogP contribution in [0.3, 0.4) is 0 Å². The molecule has 0 aliphatic rings. The molecule has 3 nitrogen and oxygen atoms in total. The van der Waals surface area contributed by atoms with Crippen LogP contribution in [0.5, 0.6) is 0 Å². The lowest BCUT2D eigenvalue weighted by molar-refractivity contribution is -0.112. The molecular weight excluding hydrogens is 162 g/mol. The van der Waals surface area contributed by atoms with E-state index < -0.39 is 0 Å². The second kappa shape index (κ2) is 6.64. The molecule has 0 amide bonds. The molecule has 0 heterocycles. The summed E-state index contributed by atoms with van der Waals surface area (Å²) in [6, 6.07) is -0.188. The quantitative estimate of drug-likeness (QED) is 0.586. The molecule has 2 unspecified atom stereocenters. The maximum absolute atomic E-state index is 10.5. The van der Waals surface area contributed by atoms with E-state index in [4.69, 9.17) is 4.74 Å². The average Bonchev–Trinajstić information content (AvgIpc) is 2.05. The van der Waals surface area contributed by atoms with E-state index in [0.29, 0.717) is 0 Å². The summed E-state index contributed by atoms with van der Waals surface area (Å²) >= 11 is 1.67. The maximum atomic E-state index is 10.5. The van der Waals surface area contributed by atoms with E-state index in [0.717, 1.165) is 12.0 Å². The predicted molar refractivity (Wildman–Crippen MR) is 48.1 cm³/mol. The third kappa shape index (κ3) is 3.74. The lowest BCUT2D eigenvalue weighted by Crippen LogP contribution is -2.41. The summed E-state index contributed by atoms with van der Waals surface area (Å²) < 4.78 is 5.12. The Hall–Kier alpha value is -0.0600. The Labute approximate surface area is 71.9 Å². The Morgan fingerprint density at radius 3 is 2.64 bits per heavy atom. The Kier molecular flexibility index (Phi) is 6.60. The highest BCUT2D eigenvalue weighted by Gasteiger charge is 2.17. The fourth-order valence-electron chi connectivity index (χ4n) is 0.824. The third-order valence-electron chi connectivity index (χ3n) is 1.51. The number of hydrogen-bond acceptors (Lipinski definition) is 4. The molecule has 0 aromatic rings. The molecule has 66 valence electrons. The molecule has 1 N–H and O–H groups in total. The van der Waals surface area contributed by atoms with Crippen molar-refractivity contribution >= 4 is 18.0 Å². The van der Waals surface area contributed by atoms with Gasteiger partial charge in [0, 0.05) is 12.9 Å². The van der Waals surface area contributed by atoms with Gasteiger partial charge in [-0.2, -0.15) is 11.8 Å². The molecule has 0 aromatic carbocycles. The first kappa shape index (κ1) is 10.9. The Bertz CT molecular complexity index is 111. The van der Waals surface area contributed by atoms with Crippen LogP contribution in [0.1, 0.15) is 0 Å². The van der Waals surface area contributed by atoms with Gasteiger partial charge in [0.05, 0.1) is 12.1 Å². The molecule has 2 atom stereocenters. The summed E-state index contributed by atoms with van der Waals surface area (Å²) in [5.41, 5.74) is 0. The topological polar surface area (TPSA) is 38.3 Å². The molecule has 0 saturated heterocycles. The molecule has 4 heteroatoms. The van der Waals surface area contributed by atoms with Crippen molar-refractivity contribution in [3.05, 3.63) is 0 Å². The lowest BCUT2D eigenvalue weighted by Gasteiger charge is -2.19. The molecule has 0 saturated carbocycles. The van der Waals surface area contributed by atoms with Gasteiger partial charge in [-0.15, -0.1) is 0 Å². The van der Waals surface area contributed by atoms with Gasteiger partial charge in [-0.05, 0) is 13.3 Å². The van der Waals surface area contributed by atoms with Crippen LogP contribution in [0.2, 0.25) is 0 Å². The van der Waals surface area contributed by atoms with Gasteiger partial charge in [0.2, 0.25) is 0 Å². The van der Waals surface area contributed by atoms with Crippen molar-refractivity contribution in [3.63, 3.8) is 0 Å². The van der Waals surface area contributed by atoms with Crippen LogP contribution in [-0.4, -0.2) is 44.6 Å². The highest BCUT2D eigenvalue weighted by molar-refractivity contribution is 7.98. The molecular formula is C7H15NO2S. The first-order valence-corrected chi connectivity index (χ1v) is 4.83. The smallest absolute Gasteiger partial charge is 0.139 e. The summed E-state index contributed by atoms with van der Waals surface area (Å²) in [7, 11) is 3.38. The zero-order valence-electron chi connectivity index (χ0n) is 7.16. The second-order valence-electron chi connectivity index (χ2n) is 2.18. The zero-order chi connectivity index (χ0) is 8.69. The van der Waals surface area contributed by atoms with Crippen molar-refractivity contribution in [3.8, 4) is 0 Å². The Morgan fingerprint density at radius 2 is 2.36 bits per heavy atom. The van der Waals surface area contributed by atoms with Crippen LogP contribution in [-0.2, 0) is 9.53 Å². The van der Waals surface area contributed by atoms with Gasteiger partial charge in [0.15, 0.2) is 0 Å². The van der Waals surface area contributed by atoms with Gasteiger partial charge in [0.1, 0.15) is 6.29 Å². The normalized spacial score (nSPS) is 15.9. The van der Waals surface area contributed by atoms with E-state index in [2.05, 4.69) is 5.32 Å². The largest absolute Gasteiger partial charge is 0.379 e. The van der Waals surface area contributed by atoms with Crippen LogP contribution in [0.15, 0.2) is 0 Å². The Balaban J connectivity index is 3.86.